The molecule has 0 spiro atoms. The number of urea groups is 1. The van der Waals surface area contributed by atoms with Crippen LogP contribution in [0.5, 0.6) is 0 Å². The Morgan fingerprint density at radius 2 is 1.83 bits per heavy atom. The van der Waals surface area contributed by atoms with Crippen LogP contribution in [0.2, 0.25) is 0 Å². The molecule has 2 heterocycles. The summed E-state index contributed by atoms with van der Waals surface area (Å²) in [5.74, 6) is 0.648. The number of hydrogen-bond acceptors (Lipinski definition) is 4. The predicted molar refractivity (Wildman–Crippen MR) is 112 cm³/mol. The number of carbonyl (C=O) groups excluding carboxylic acids is 3. The first kappa shape index (κ1) is 19.4. The molecule has 30 heavy (non-hydrogen) atoms. The Bertz CT molecular complexity index is 1170. The lowest BCUT2D eigenvalue weighted by molar-refractivity contribution is -0.123. The zero-order chi connectivity index (χ0) is 21.3. The highest BCUT2D eigenvalue weighted by Crippen LogP contribution is 2.25. The average molecular weight is 400 g/mol. The summed E-state index contributed by atoms with van der Waals surface area (Å²) in [6.07, 6.45) is 1.52. The monoisotopic (exact) mass is 400 g/mol. The minimum absolute atomic E-state index is 0.00266. The molecule has 6 heteroatoms. The van der Waals surface area contributed by atoms with Gasteiger partial charge >= 0.3 is 6.03 Å². The van der Waals surface area contributed by atoms with E-state index >= 15 is 0 Å². The lowest BCUT2D eigenvalue weighted by atomic mass is 10.1. The van der Waals surface area contributed by atoms with Crippen LogP contribution in [-0.2, 0) is 11.3 Å². The second-order valence-corrected chi connectivity index (χ2v) is 7.20. The number of nitrogens with zero attached hydrogens (tertiary/aromatic N) is 1. The summed E-state index contributed by atoms with van der Waals surface area (Å²) in [6, 6.07) is 17.8. The van der Waals surface area contributed by atoms with E-state index in [4.69, 9.17) is 4.42 Å². The first-order valence-electron chi connectivity index (χ1n) is 9.52. The first-order chi connectivity index (χ1) is 14.4. The van der Waals surface area contributed by atoms with E-state index in [1.54, 1.807) is 36.4 Å². The lowest BCUT2D eigenvalue weighted by Gasteiger charge is -2.12. The number of nitrogens with one attached hydrogen (secondary N) is 1. The van der Waals surface area contributed by atoms with E-state index in [2.05, 4.69) is 5.32 Å². The average Bonchev–Trinajstić information content (AvgIpc) is 3.29. The largest absolute Gasteiger partial charge is 0.457 e. The Balaban J connectivity index is 1.52. The van der Waals surface area contributed by atoms with Gasteiger partial charge in [-0.1, -0.05) is 54.1 Å². The Kier molecular flexibility index (Phi) is 5.06. The molecule has 2 aromatic carbocycles. The summed E-state index contributed by atoms with van der Waals surface area (Å²) in [6.45, 7) is 3.68. The van der Waals surface area contributed by atoms with Gasteiger partial charge in [0.15, 0.2) is 5.78 Å². The first-order valence-corrected chi connectivity index (χ1v) is 9.52. The molecule has 1 N–H and O–H groups in total. The van der Waals surface area contributed by atoms with Gasteiger partial charge in [0.25, 0.3) is 5.91 Å². The van der Waals surface area contributed by atoms with Gasteiger partial charge in [0.2, 0.25) is 0 Å². The third-order valence-corrected chi connectivity index (χ3v) is 4.87. The summed E-state index contributed by atoms with van der Waals surface area (Å²) < 4.78 is 5.80. The fraction of sp³-hybridized carbons (Fsp3) is 0.125. The number of benzene rings is 2. The van der Waals surface area contributed by atoms with E-state index in [0.717, 1.165) is 16.7 Å². The van der Waals surface area contributed by atoms with Crippen molar-refractivity contribution < 1.29 is 18.8 Å². The molecule has 3 amide bonds. The molecule has 1 saturated heterocycles. The van der Waals surface area contributed by atoms with Gasteiger partial charge in [-0.3, -0.25) is 14.5 Å². The molecule has 1 fully saturated rings. The molecule has 4 rings (SSSR count). The van der Waals surface area contributed by atoms with Crippen molar-refractivity contribution in [1.82, 2.24) is 10.2 Å². The second-order valence-electron chi connectivity index (χ2n) is 7.20. The Morgan fingerprint density at radius 3 is 2.53 bits per heavy atom. The summed E-state index contributed by atoms with van der Waals surface area (Å²) in [7, 11) is 0. The van der Waals surface area contributed by atoms with Crippen molar-refractivity contribution in [2.24, 2.45) is 0 Å². The third-order valence-electron chi connectivity index (χ3n) is 4.87. The molecule has 3 aromatic rings. The summed E-state index contributed by atoms with van der Waals surface area (Å²) in [5.41, 5.74) is 3.55. The minimum atomic E-state index is -0.459. The van der Waals surface area contributed by atoms with Crippen molar-refractivity contribution in [3.05, 3.63) is 88.8 Å². The van der Waals surface area contributed by atoms with Gasteiger partial charge in [-0.05, 0) is 31.5 Å². The molecule has 1 aromatic heterocycles. The number of hydrogen-bond donors (Lipinski definition) is 1. The fourth-order valence-corrected chi connectivity index (χ4v) is 3.31. The molecule has 0 bridgehead atoms. The normalized spacial score (nSPS) is 15.0. The van der Waals surface area contributed by atoms with Crippen LogP contribution < -0.4 is 5.32 Å². The standard InChI is InChI=1S/C24H20N2O4/c1-15-4-3-5-17(12-15)14-26-23(28)21(25-24(26)29)13-20-10-11-22(30-20)19-8-6-18(7-9-19)16(2)27/h3-13H,14H2,1-2H3,(H,25,29)/b21-13+. The van der Waals surface area contributed by atoms with Crippen molar-refractivity contribution in [2.45, 2.75) is 20.4 Å². The van der Waals surface area contributed by atoms with Crippen LogP contribution in [0.4, 0.5) is 4.79 Å². The second kappa shape index (κ2) is 7.83. The van der Waals surface area contributed by atoms with Gasteiger partial charge in [0.05, 0.1) is 6.54 Å². The smallest absolute Gasteiger partial charge is 0.329 e. The van der Waals surface area contributed by atoms with Gasteiger partial charge in [-0.2, -0.15) is 0 Å². The van der Waals surface area contributed by atoms with Crippen molar-refractivity contribution in [3.8, 4) is 11.3 Å². The Hall–Kier alpha value is -3.93. The third kappa shape index (κ3) is 3.93. The SMILES string of the molecule is CC(=O)c1ccc(-c2ccc(/C=C3/NC(=O)N(Cc4cccc(C)c4)C3=O)o2)cc1. The lowest BCUT2D eigenvalue weighted by Crippen LogP contribution is -2.30. The molecule has 6 nitrogen and oxygen atoms in total. The predicted octanol–water partition coefficient (Wildman–Crippen LogP) is 4.55. The van der Waals surface area contributed by atoms with E-state index < -0.39 is 11.9 Å². The molecular weight excluding hydrogens is 380 g/mol. The molecule has 0 saturated carbocycles. The quantitative estimate of drug-likeness (QED) is 0.387. The maximum absolute atomic E-state index is 12.7. The number of rotatable bonds is 5. The molecule has 0 aliphatic carbocycles. The van der Waals surface area contributed by atoms with Gasteiger partial charge in [0, 0.05) is 17.2 Å². The van der Waals surface area contributed by atoms with Crippen LogP contribution >= 0.6 is 0 Å². The molecule has 0 atom stereocenters. The molecule has 150 valence electrons. The van der Waals surface area contributed by atoms with Crippen LogP contribution in [0, 0.1) is 6.92 Å². The highest BCUT2D eigenvalue weighted by molar-refractivity contribution is 6.13. The fourth-order valence-electron chi connectivity index (χ4n) is 3.31. The highest BCUT2D eigenvalue weighted by atomic mass is 16.3. The van der Waals surface area contributed by atoms with Crippen molar-refractivity contribution in [3.63, 3.8) is 0 Å². The van der Waals surface area contributed by atoms with E-state index in [-0.39, 0.29) is 18.0 Å². The molecule has 1 aliphatic heterocycles. The maximum atomic E-state index is 12.7. The zero-order valence-electron chi connectivity index (χ0n) is 16.6. The number of Topliss-reactive ketones (excluding diaryl/α,β-unsaturated/α-hetero) is 1. The van der Waals surface area contributed by atoms with E-state index in [0.29, 0.717) is 17.1 Å². The van der Waals surface area contributed by atoms with Crippen molar-refractivity contribution in [1.29, 1.82) is 0 Å². The van der Waals surface area contributed by atoms with E-state index in [1.165, 1.54) is 17.9 Å². The van der Waals surface area contributed by atoms with Crippen LogP contribution in [0.1, 0.15) is 34.2 Å². The van der Waals surface area contributed by atoms with Crippen LogP contribution in [-0.4, -0.2) is 22.6 Å². The zero-order valence-corrected chi connectivity index (χ0v) is 16.6. The number of amides is 3. The number of carbonyl (C=O) groups is 3. The number of furan rings is 1. The van der Waals surface area contributed by atoms with Crippen molar-refractivity contribution in [2.75, 3.05) is 0 Å². The summed E-state index contributed by atoms with van der Waals surface area (Å²) in [5, 5.41) is 2.61. The Morgan fingerprint density at radius 1 is 1.07 bits per heavy atom. The van der Waals surface area contributed by atoms with Crippen LogP contribution in [0.15, 0.2) is 70.8 Å². The molecular formula is C24H20N2O4. The number of aryl methyl sites for hydroxylation is 1. The van der Waals surface area contributed by atoms with Gasteiger partial charge in [-0.25, -0.2) is 4.79 Å². The van der Waals surface area contributed by atoms with E-state index in [9.17, 15) is 14.4 Å². The van der Waals surface area contributed by atoms with Crippen LogP contribution in [0.25, 0.3) is 17.4 Å². The molecule has 0 unspecified atom stereocenters. The molecule has 0 radical (unpaired) electrons. The van der Waals surface area contributed by atoms with Gasteiger partial charge in [-0.15, -0.1) is 0 Å². The van der Waals surface area contributed by atoms with Gasteiger partial charge in [0.1, 0.15) is 17.2 Å². The molecule has 1 aliphatic rings. The summed E-state index contributed by atoms with van der Waals surface area (Å²) >= 11 is 0. The highest BCUT2D eigenvalue weighted by Gasteiger charge is 2.33. The number of imide groups is 1. The van der Waals surface area contributed by atoms with Crippen molar-refractivity contribution >= 4 is 23.8 Å². The number of ketones is 1. The Labute approximate surface area is 173 Å². The topological polar surface area (TPSA) is 79.6 Å². The maximum Gasteiger partial charge on any atom is 0.329 e. The minimum Gasteiger partial charge on any atom is -0.457 e. The summed E-state index contributed by atoms with van der Waals surface area (Å²) in [4.78, 5) is 37.5. The van der Waals surface area contributed by atoms with Gasteiger partial charge < -0.3 is 9.73 Å². The van der Waals surface area contributed by atoms with E-state index in [1.807, 2.05) is 31.2 Å². The van der Waals surface area contributed by atoms with Crippen LogP contribution in [0.3, 0.4) is 0 Å².